The molecule has 2 heterocycles. The Kier molecular flexibility index (Phi) is 10.8. The van der Waals surface area contributed by atoms with Gasteiger partial charge in [0.15, 0.2) is 0 Å². The fraction of sp³-hybridized carbons (Fsp3) is 0.652. The van der Waals surface area contributed by atoms with Gasteiger partial charge >= 0.3 is 0 Å². The Morgan fingerprint density at radius 2 is 1.63 bits per heavy atom. The van der Waals surface area contributed by atoms with Gasteiger partial charge in [0.2, 0.25) is 0 Å². The van der Waals surface area contributed by atoms with Crippen LogP contribution >= 0.6 is 0 Å². The van der Waals surface area contributed by atoms with Crippen molar-refractivity contribution in [1.29, 1.82) is 0 Å². The van der Waals surface area contributed by atoms with Crippen molar-refractivity contribution in [2.45, 2.75) is 90.7 Å². The molecule has 0 saturated carbocycles. The summed E-state index contributed by atoms with van der Waals surface area (Å²) in [6, 6.07) is 4.18. The van der Waals surface area contributed by atoms with Crippen LogP contribution in [0.5, 0.6) is 0 Å². The molecule has 150 valence electrons. The minimum atomic E-state index is -0.0321. The molecule has 1 aliphatic heterocycles. The number of nitrogens with zero attached hydrogens (tertiary/aromatic N) is 2. The maximum Gasteiger partial charge on any atom is 0.146 e. The first-order chi connectivity index (χ1) is 13.3. The molecular formula is C23H37N3O. The molecule has 0 aliphatic carbocycles. The lowest BCUT2D eigenvalue weighted by Gasteiger charge is -2.19. The van der Waals surface area contributed by atoms with E-state index < -0.39 is 0 Å². The van der Waals surface area contributed by atoms with E-state index >= 15 is 0 Å². The third-order valence-electron chi connectivity index (χ3n) is 4.95. The summed E-state index contributed by atoms with van der Waals surface area (Å²) in [5.74, 6) is 0. The second kappa shape index (κ2) is 13.5. The molecule has 1 aromatic rings. The minimum absolute atomic E-state index is 0.0321. The number of aromatic nitrogens is 2. The molecule has 2 rings (SSSR count). The summed E-state index contributed by atoms with van der Waals surface area (Å²) in [6.45, 7) is 5.29. The third-order valence-corrected chi connectivity index (χ3v) is 4.95. The Labute approximate surface area is 165 Å². The quantitative estimate of drug-likeness (QED) is 0.420. The van der Waals surface area contributed by atoms with Gasteiger partial charge in [0.25, 0.3) is 0 Å². The molecule has 1 aliphatic rings. The largest absolute Gasteiger partial charge is 0.362 e. The highest BCUT2D eigenvalue weighted by molar-refractivity contribution is 5.72. The first-order valence-electron chi connectivity index (χ1n) is 10.9. The lowest BCUT2D eigenvalue weighted by Crippen LogP contribution is -2.28. The zero-order valence-corrected chi connectivity index (χ0v) is 17.3. The van der Waals surface area contributed by atoms with E-state index in [1.165, 1.54) is 57.8 Å². The van der Waals surface area contributed by atoms with E-state index in [9.17, 15) is 0 Å². The number of hydrogen-bond donors (Lipinski definition) is 1. The van der Waals surface area contributed by atoms with Crippen molar-refractivity contribution in [2.24, 2.45) is 0 Å². The fourth-order valence-electron chi connectivity index (χ4n) is 3.20. The van der Waals surface area contributed by atoms with Crippen molar-refractivity contribution in [3.63, 3.8) is 0 Å². The van der Waals surface area contributed by atoms with Crippen LogP contribution in [0.15, 0.2) is 30.5 Å². The SMILES string of the molecule is CCCCCCCOC1C=CC(c2ccc(CCCCCCC)nn2)=CN1. The summed E-state index contributed by atoms with van der Waals surface area (Å²) in [7, 11) is 0. The number of rotatable bonds is 14. The van der Waals surface area contributed by atoms with Crippen molar-refractivity contribution >= 4 is 5.57 Å². The predicted molar refractivity (Wildman–Crippen MR) is 113 cm³/mol. The van der Waals surface area contributed by atoms with Crippen LogP contribution in [-0.2, 0) is 11.2 Å². The summed E-state index contributed by atoms with van der Waals surface area (Å²) in [4.78, 5) is 0. The Balaban J connectivity index is 1.67. The highest BCUT2D eigenvalue weighted by Crippen LogP contribution is 2.17. The normalized spacial score (nSPS) is 16.2. The van der Waals surface area contributed by atoms with Crippen molar-refractivity contribution in [3.8, 4) is 0 Å². The average Bonchev–Trinajstić information content (AvgIpc) is 2.71. The average molecular weight is 372 g/mol. The highest BCUT2D eigenvalue weighted by atomic mass is 16.5. The van der Waals surface area contributed by atoms with Gasteiger partial charge in [-0.15, -0.1) is 0 Å². The summed E-state index contributed by atoms with van der Waals surface area (Å²) in [5, 5.41) is 12.1. The van der Waals surface area contributed by atoms with Gasteiger partial charge in [-0.1, -0.05) is 71.3 Å². The molecule has 1 atom stereocenters. The highest BCUT2D eigenvalue weighted by Gasteiger charge is 2.10. The van der Waals surface area contributed by atoms with Crippen LogP contribution in [0.1, 0.15) is 89.4 Å². The summed E-state index contributed by atoms with van der Waals surface area (Å²) in [5.41, 5.74) is 3.05. The van der Waals surface area contributed by atoms with E-state index in [0.29, 0.717) is 0 Å². The molecule has 0 radical (unpaired) electrons. The summed E-state index contributed by atoms with van der Waals surface area (Å²) < 4.78 is 5.86. The minimum Gasteiger partial charge on any atom is -0.362 e. The number of ether oxygens (including phenoxy) is 1. The van der Waals surface area contributed by atoms with Crippen LogP contribution < -0.4 is 5.32 Å². The molecular weight excluding hydrogens is 334 g/mol. The molecule has 0 aromatic carbocycles. The first kappa shape index (κ1) is 21.6. The zero-order valence-electron chi connectivity index (χ0n) is 17.3. The molecule has 1 N–H and O–H groups in total. The molecule has 0 fully saturated rings. The maximum absolute atomic E-state index is 5.86. The van der Waals surface area contributed by atoms with Gasteiger partial charge in [0.1, 0.15) is 6.23 Å². The molecule has 27 heavy (non-hydrogen) atoms. The predicted octanol–water partition coefficient (Wildman–Crippen LogP) is 5.80. The Bertz CT molecular complexity index is 565. The van der Waals surface area contributed by atoms with E-state index in [0.717, 1.165) is 36.4 Å². The number of nitrogens with one attached hydrogen (secondary N) is 1. The number of allylic oxidation sites excluding steroid dienone is 2. The lowest BCUT2D eigenvalue weighted by atomic mass is 10.1. The van der Waals surface area contributed by atoms with Crippen LogP contribution in [0.3, 0.4) is 0 Å². The third kappa shape index (κ3) is 8.70. The fourth-order valence-corrected chi connectivity index (χ4v) is 3.20. The van der Waals surface area contributed by atoms with Crippen LogP contribution in [-0.4, -0.2) is 23.0 Å². The summed E-state index contributed by atoms with van der Waals surface area (Å²) >= 11 is 0. The Morgan fingerprint density at radius 3 is 2.26 bits per heavy atom. The Hall–Kier alpha value is -1.68. The van der Waals surface area contributed by atoms with Crippen molar-refractivity contribution in [2.75, 3.05) is 6.61 Å². The van der Waals surface area contributed by atoms with Crippen LogP contribution in [0.2, 0.25) is 0 Å². The second-order valence-corrected chi connectivity index (χ2v) is 7.41. The molecule has 0 amide bonds. The number of aryl methyl sites for hydroxylation is 1. The molecule has 0 saturated heterocycles. The van der Waals surface area contributed by atoms with Gasteiger partial charge in [0.05, 0.1) is 11.4 Å². The van der Waals surface area contributed by atoms with Gasteiger partial charge in [0, 0.05) is 18.4 Å². The van der Waals surface area contributed by atoms with E-state index in [2.05, 4.69) is 53.6 Å². The standard InChI is InChI=1S/C23H37N3O/c1-3-5-7-9-11-13-21-15-16-22(26-25-21)20-14-17-23(24-19-20)27-18-12-10-8-6-4-2/h14-17,19,23-24H,3-13,18H2,1-2H3. The maximum atomic E-state index is 5.86. The zero-order chi connectivity index (χ0) is 19.2. The molecule has 0 spiro atoms. The molecule has 0 bridgehead atoms. The van der Waals surface area contributed by atoms with Gasteiger partial charge < -0.3 is 10.1 Å². The lowest BCUT2D eigenvalue weighted by molar-refractivity contribution is 0.0682. The van der Waals surface area contributed by atoms with E-state index in [1.54, 1.807) is 0 Å². The molecule has 1 aromatic heterocycles. The first-order valence-corrected chi connectivity index (χ1v) is 10.9. The number of hydrogen-bond acceptors (Lipinski definition) is 4. The van der Waals surface area contributed by atoms with E-state index in [1.807, 2.05) is 6.20 Å². The Morgan fingerprint density at radius 1 is 0.889 bits per heavy atom. The summed E-state index contributed by atoms with van der Waals surface area (Å²) in [6.07, 6.45) is 19.9. The molecule has 1 unspecified atom stereocenters. The van der Waals surface area contributed by atoms with Crippen LogP contribution in [0.25, 0.3) is 5.57 Å². The molecule has 4 heteroatoms. The second-order valence-electron chi connectivity index (χ2n) is 7.41. The van der Waals surface area contributed by atoms with E-state index in [-0.39, 0.29) is 6.23 Å². The van der Waals surface area contributed by atoms with Crippen molar-refractivity contribution in [1.82, 2.24) is 15.5 Å². The van der Waals surface area contributed by atoms with Crippen LogP contribution in [0.4, 0.5) is 0 Å². The van der Waals surface area contributed by atoms with Crippen molar-refractivity contribution in [3.05, 3.63) is 41.9 Å². The van der Waals surface area contributed by atoms with Crippen LogP contribution in [0, 0.1) is 0 Å². The molecule has 4 nitrogen and oxygen atoms in total. The van der Waals surface area contributed by atoms with E-state index in [4.69, 9.17) is 4.74 Å². The smallest absolute Gasteiger partial charge is 0.146 e. The van der Waals surface area contributed by atoms with Crippen molar-refractivity contribution < 1.29 is 4.74 Å². The van der Waals surface area contributed by atoms with Gasteiger partial charge in [-0.05, 0) is 37.5 Å². The number of dihydropyridines is 1. The monoisotopic (exact) mass is 371 g/mol. The van der Waals surface area contributed by atoms with Gasteiger partial charge in [-0.2, -0.15) is 10.2 Å². The van der Waals surface area contributed by atoms with Gasteiger partial charge in [-0.25, -0.2) is 0 Å². The number of unbranched alkanes of at least 4 members (excludes halogenated alkanes) is 8. The topological polar surface area (TPSA) is 47.0 Å². The van der Waals surface area contributed by atoms with Gasteiger partial charge in [-0.3, -0.25) is 0 Å².